The number of benzene rings is 1. The number of nitrogens with zero attached hydrogens (tertiary/aromatic N) is 4. The van der Waals surface area contributed by atoms with Gasteiger partial charge < -0.3 is 9.84 Å². The average molecular weight is 372 g/mol. The highest BCUT2D eigenvalue weighted by atomic mass is 35.5. The van der Waals surface area contributed by atoms with Gasteiger partial charge in [-0.2, -0.15) is 4.98 Å². The molecular weight excluding hydrogens is 350 g/mol. The van der Waals surface area contributed by atoms with Crippen LogP contribution in [-0.4, -0.2) is 46.7 Å². The molecule has 2 aromatic heterocycles. The summed E-state index contributed by atoms with van der Waals surface area (Å²) in [4.78, 5) is 11.6. The van der Waals surface area contributed by atoms with Crippen LogP contribution in [0.15, 0.2) is 47.0 Å². The number of piperazine rings is 1. The monoisotopic (exact) mass is 371 g/mol. The van der Waals surface area contributed by atoms with E-state index in [1.807, 2.05) is 37.3 Å². The van der Waals surface area contributed by atoms with Gasteiger partial charge in [-0.05, 0) is 26.1 Å². The maximum atomic E-state index is 5.52. The molecule has 1 aliphatic rings. The largest absolute Gasteiger partial charge is 0.334 e. The normalized spacial score (nSPS) is 17.7. The number of aryl methyl sites for hydroxylation is 1. The molecular formula is C19H22ClN5O. The summed E-state index contributed by atoms with van der Waals surface area (Å²) in [6.45, 7) is 4.77. The van der Waals surface area contributed by atoms with Gasteiger partial charge in [-0.1, -0.05) is 35.5 Å². The Bertz CT molecular complexity index is 867. The Hall–Kier alpha value is -2.28. The Morgan fingerprint density at radius 3 is 2.65 bits per heavy atom. The van der Waals surface area contributed by atoms with Gasteiger partial charge in [0.15, 0.2) is 5.82 Å². The zero-order valence-corrected chi connectivity index (χ0v) is 15.7. The number of nitrogens with one attached hydrogen (secondary N) is 1. The maximum absolute atomic E-state index is 5.52. The molecule has 3 aromatic rings. The number of hydrogen-bond acceptors (Lipinski definition) is 6. The molecule has 1 fully saturated rings. The summed E-state index contributed by atoms with van der Waals surface area (Å²) in [6.07, 6.45) is 0. The average Bonchev–Trinajstić information content (AvgIpc) is 3.12. The van der Waals surface area contributed by atoms with Crippen LogP contribution < -0.4 is 5.32 Å². The molecule has 4 rings (SSSR count). The third-order valence-electron chi connectivity index (χ3n) is 4.64. The Morgan fingerprint density at radius 1 is 1.12 bits per heavy atom. The molecule has 1 unspecified atom stereocenters. The highest BCUT2D eigenvalue weighted by molar-refractivity contribution is 5.85. The molecule has 1 aliphatic heterocycles. The van der Waals surface area contributed by atoms with Crippen LogP contribution in [0, 0.1) is 6.92 Å². The van der Waals surface area contributed by atoms with Crippen molar-refractivity contribution in [1.29, 1.82) is 0 Å². The molecule has 136 valence electrons. The lowest BCUT2D eigenvalue weighted by molar-refractivity contribution is 0.190. The molecule has 6 nitrogen and oxygen atoms in total. The third-order valence-corrected chi connectivity index (χ3v) is 4.64. The van der Waals surface area contributed by atoms with E-state index in [0.717, 1.165) is 48.0 Å². The maximum Gasteiger partial charge on any atom is 0.259 e. The molecule has 7 heteroatoms. The summed E-state index contributed by atoms with van der Waals surface area (Å²) < 4.78 is 5.52. The number of pyridine rings is 1. The zero-order chi connectivity index (χ0) is 17.2. The smallest absolute Gasteiger partial charge is 0.259 e. The quantitative estimate of drug-likeness (QED) is 0.763. The van der Waals surface area contributed by atoms with Gasteiger partial charge in [0.05, 0.1) is 23.0 Å². The second kappa shape index (κ2) is 7.95. The van der Waals surface area contributed by atoms with Crippen molar-refractivity contribution < 1.29 is 4.52 Å². The molecule has 1 atom stereocenters. The summed E-state index contributed by atoms with van der Waals surface area (Å²) >= 11 is 0. The van der Waals surface area contributed by atoms with Gasteiger partial charge >= 0.3 is 0 Å². The molecule has 0 bridgehead atoms. The molecule has 0 amide bonds. The summed E-state index contributed by atoms with van der Waals surface area (Å²) in [6, 6.07) is 14.3. The lowest BCUT2D eigenvalue weighted by Gasteiger charge is -2.30. The van der Waals surface area contributed by atoms with Crippen LogP contribution in [0.25, 0.3) is 22.7 Å². The summed E-state index contributed by atoms with van der Waals surface area (Å²) in [5.74, 6) is 1.25. The van der Waals surface area contributed by atoms with Gasteiger partial charge in [-0.25, -0.2) is 0 Å². The molecule has 26 heavy (non-hydrogen) atoms. The van der Waals surface area contributed by atoms with Crippen LogP contribution in [0.3, 0.4) is 0 Å². The van der Waals surface area contributed by atoms with E-state index in [9.17, 15) is 0 Å². The Labute approximate surface area is 159 Å². The predicted octanol–water partition coefficient (Wildman–Crippen LogP) is 3.10. The fraction of sp³-hybridized carbons (Fsp3) is 0.316. The molecule has 0 aliphatic carbocycles. The Morgan fingerprint density at radius 2 is 1.92 bits per heavy atom. The van der Waals surface area contributed by atoms with E-state index < -0.39 is 0 Å². The van der Waals surface area contributed by atoms with E-state index in [2.05, 4.69) is 39.5 Å². The van der Waals surface area contributed by atoms with Crippen LogP contribution >= 0.6 is 12.4 Å². The van der Waals surface area contributed by atoms with Gasteiger partial charge in [0, 0.05) is 25.2 Å². The minimum atomic E-state index is 0. The predicted molar refractivity (Wildman–Crippen MR) is 103 cm³/mol. The standard InChI is InChI=1S/C19H21N5O.ClH/c1-13-15(8-9-16(21-13)14-6-4-3-5-7-14)19-22-18(23-25-19)17-12-20-10-11-24(17)2;/h3-9,17,20H,10-12H2,1-2H3;1H. The lowest BCUT2D eigenvalue weighted by atomic mass is 10.1. The van der Waals surface area contributed by atoms with Gasteiger partial charge in [0.25, 0.3) is 5.89 Å². The molecule has 0 radical (unpaired) electrons. The molecule has 1 saturated heterocycles. The van der Waals surface area contributed by atoms with Crippen molar-refractivity contribution in [2.45, 2.75) is 13.0 Å². The van der Waals surface area contributed by atoms with Gasteiger partial charge in [-0.3, -0.25) is 9.88 Å². The first-order chi connectivity index (χ1) is 12.2. The SMILES string of the molecule is Cc1nc(-c2ccccc2)ccc1-c1nc(C2CNCCN2C)no1.Cl. The Kier molecular flexibility index (Phi) is 5.66. The van der Waals surface area contributed by atoms with Crippen molar-refractivity contribution in [3.05, 3.63) is 54.0 Å². The highest BCUT2D eigenvalue weighted by Gasteiger charge is 2.25. The first-order valence-corrected chi connectivity index (χ1v) is 8.50. The lowest BCUT2D eigenvalue weighted by Crippen LogP contribution is -2.44. The summed E-state index contributed by atoms with van der Waals surface area (Å²) in [5, 5.41) is 7.57. The van der Waals surface area contributed by atoms with Crippen molar-refractivity contribution >= 4 is 12.4 Å². The van der Waals surface area contributed by atoms with E-state index in [0.29, 0.717) is 5.89 Å². The van der Waals surface area contributed by atoms with Gasteiger partial charge in [0.2, 0.25) is 0 Å². The Balaban J connectivity index is 0.00000196. The van der Waals surface area contributed by atoms with E-state index in [-0.39, 0.29) is 18.4 Å². The number of likely N-dealkylation sites (N-methyl/N-ethyl adjacent to an activating group) is 1. The van der Waals surface area contributed by atoms with Crippen LogP contribution in [0.4, 0.5) is 0 Å². The fourth-order valence-electron chi connectivity index (χ4n) is 3.13. The van der Waals surface area contributed by atoms with E-state index in [1.165, 1.54) is 0 Å². The second-order valence-corrected chi connectivity index (χ2v) is 6.35. The second-order valence-electron chi connectivity index (χ2n) is 6.35. The highest BCUT2D eigenvalue weighted by Crippen LogP contribution is 2.26. The fourth-order valence-corrected chi connectivity index (χ4v) is 3.13. The first-order valence-electron chi connectivity index (χ1n) is 8.50. The summed E-state index contributed by atoms with van der Waals surface area (Å²) in [7, 11) is 2.09. The van der Waals surface area contributed by atoms with E-state index in [1.54, 1.807) is 0 Å². The van der Waals surface area contributed by atoms with Crippen molar-refractivity contribution in [3.63, 3.8) is 0 Å². The summed E-state index contributed by atoms with van der Waals surface area (Å²) in [5.41, 5.74) is 3.80. The topological polar surface area (TPSA) is 67.1 Å². The van der Waals surface area contributed by atoms with Crippen LogP contribution in [0.5, 0.6) is 0 Å². The molecule has 3 heterocycles. The van der Waals surface area contributed by atoms with Gasteiger partial charge in [-0.15, -0.1) is 12.4 Å². The van der Waals surface area contributed by atoms with Crippen LogP contribution in [-0.2, 0) is 0 Å². The van der Waals surface area contributed by atoms with Crippen LogP contribution in [0.1, 0.15) is 17.6 Å². The molecule has 1 aromatic carbocycles. The molecule has 0 spiro atoms. The van der Waals surface area contributed by atoms with Crippen molar-refractivity contribution in [1.82, 2.24) is 25.3 Å². The van der Waals surface area contributed by atoms with E-state index in [4.69, 9.17) is 9.51 Å². The number of hydrogen-bond donors (Lipinski definition) is 1. The zero-order valence-electron chi connectivity index (χ0n) is 14.8. The third kappa shape index (κ3) is 3.62. The van der Waals surface area contributed by atoms with E-state index >= 15 is 0 Å². The minimum Gasteiger partial charge on any atom is -0.334 e. The number of rotatable bonds is 3. The number of aromatic nitrogens is 3. The first kappa shape index (κ1) is 18.5. The van der Waals surface area contributed by atoms with Crippen molar-refractivity contribution in [3.8, 4) is 22.7 Å². The van der Waals surface area contributed by atoms with Crippen molar-refractivity contribution in [2.75, 3.05) is 26.7 Å². The van der Waals surface area contributed by atoms with Crippen molar-refractivity contribution in [2.24, 2.45) is 0 Å². The van der Waals surface area contributed by atoms with Crippen LogP contribution in [0.2, 0.25) is 0 Å². The van der Waals surface area contributed by atoms with Gasteiger partial charge in [0.1, 0.15) is 0 Å². The molecule has 0 saturated carbocycles. The molecule has 1 N–H and O–H groups in total. The number of halogens is 1. The minimum absolute atomic E-state index is 0.